The lowest BCUT2D eigenvalue weighted by Gasteiger charge is -2.28. The highest BCUT2D eigenvalue weighted by Crippen LogP contribution is 2.12. The van der Waals surface area contributed by atoms with Crippen LogP contribution in [0.2, 0.25) is 0 Å². The topological polar surface area (TPSA) is 151 Å². The molecule has 10 heteroatoms. The summed E-state index contributed by atoms with van der Waals surface area (Å²) < 4.78 is 0. The summed E-state index contributed by atoms with van der Waals surface area (Å²) in [5.74, 6) is -1.83. The fraction of sp³-hybridized carbons (Fsp3) is 0.826. The Morgan fingerprint density at radius 2 is 1.39 bits per heavy atom. The maximum absolute atomic E-state index is 13.1. The molecular weight excluding hydrogens is 444 g/mol. The van der Waals surface area contributed by atoms with Crippen molar-refractivity contribution in [2.75, 3.05) is 12.0 Å². The summed E-state index contributed by atoms with van der Waals surface area (Å²) in [6, 6.07) is -3.53. The van der Waals surface area contributed by atoms with E-state index in [-0.39, 0.29) is 24.2 Å². The number of carboxylic acid groups (broad SMARTS) is 1. The molecule has 0 saturated carbocycles. The number of thioether (sulfide) groups is 1. The lowest BCUT2D eigenvalue weighted by molar-refractivity contribution is -0.142. The van der Waals surface area contributed by atoms with E-state index < -0.39 is 47.9 Å². The van der Waals surface area contributed by atoms with Gasteiger partial charge in [-0.2, -0.15) is 11.8 Å². The predicted molar refractivity (Wildman–Crippen MR) is 133 cm³/mol. The molecule has 0 saturated heterocycles. The second kappa shape index (κ2) is 15.9. The Hall–Kier alpha value is -1.81. The first-order chi connectivity index (χ1) is 15.3. The van der Waals surface area contributed by atoms with Crippen LogP contribution < -0.4 is 21.7 Å². The van der Waals surface area contributed by atoms with Gasteiger partial charge in [-0.15, -0.1) is 0 Å². The summed E-state index contributed by atoms with van der Waals surface area (Å²) in [6.07, 6.45) is 3.62. The Balaban J connectivity index is 5.50. The van der Waals surface area contributed by atoms with Crippen LogP contribution in [-0.4, -0.2) is 65.0 Å². The van der Waals surface area contributed by atoms with Crippen molar-refractivity contribution in [2.45, 2.75) is 91.4 Å². The van der Waals surface area contributed by atoms with Crippen molar-refractivity contribution in [2.24, 2.45) is 23.5 Å². The van der Waals surface area contributed by atoms with Crippen molar-refractivity contribution >= 4 is 35.5 Å². The van der Waals surface area contributed by atoms with E-state index in [9.17, 15) is 24.3 Å². The SMILES string of the molecule is CCC(C)C(NC(=O)C(N)CC(C)C)C(=O)NC(CCSC)C(=O)NC(CC(C)C)C(=O)O. The summed E-state index contributed by atoms with van der Waals surface area (Å²) in [7, 11) is 0. The lowest BCUT2D eigenvalue weighted by atomic mass is 9.96. The quantitative estimate of drug-likeness (QED) is 0.222. The van der Waals surface area contributed by atoms with E-state index in [1.165, 1.54) is 11.8 Å². The highest BCUT2D eigenvalue weighted by molar-refractivity contribution is 7.98. The van der Waals surface area contributed by atoms with Gasteiger partial charge in [-0.3, -0.25) is 14.4 Å². The van der Waals surface area contributed by atoms with E-state index in [1.54, 1.807) is 0 Å². The molecule has 0 aromatic carbocycles. The van der Waals surface area contributed by atoms with Crippen LogP contribution in [-0.2, 0) is 19.2 Å². The van der Waals surface area contributed by atoms with Crippen LogP contribution in [0, 0.1) is 17.8 Å². The molecule has 0 aliphatic rings. The number of carbonyl (C=O) groups excluding carboxylic acids is 3. The molecule has 0 aromatic rings. The first kappa shape index (κ1) is 31.2. The molecule has 0 aliphatic heterocycles. The predicted octanol–water partition coefficient (Wildman–Crippen LogP) is 1.74. The number of aliphatic carboxylic acids is 1. The van der Waals surface area contributed by atoms with E-state index in [0.717, 1.165) is 0 Å². The molecule has 33 heavy (non-hydrogen) atoms. The summed E-state index contributed by atoms with van der Waals surface area (Å²) in [4.78, 5) is 50.1. The molecule has 5 unspecified atom stereocenters. The van der Waals surface area contributed by atoms with Gasteiger partial charge in [-0.1, -0.05) is 48.0 Å². The number of hydrogen-bond acceptors (Lipinski definition) is 6. The molecule has 5 atom stereocenters. The van der Waals surface area contributed by atoms with Crippen molar-refractivity contribution in [3.05, 3.63) is 0 Å². The molecule has 6 N–H and O–H groups in total. The minimum Gasteiger partial charge on any atom is -0.480 e. The van der Waals surface area contributed by atoms with Crippen LogP contribution in [0.5, 0.6) is 0 Å². The van der Waals surface area contributed by atoms with Gasteiger partial charge >= 0.3 is 5.97 Å². The average Bonchev–Trinajstić information content (AvgIpc) is 2.72. The van der Waals surface area contributed by atoms with Crippen LogP contribution in [0.25, 0.3) is 0 Å². The van der Waals surface area contributed by atoms with Crippen molar-refractivity contribution < 1.29 is 24.3 Å². The average molecular weight is 489 g/mol. The van der Waals surface area contributed by atoms with Crippen LogP contribution in [0.4, 0.5) is 0 Å². The van der Waals surface area contributed by atoms with Crippen molar-refractivity contribution in [3.63, 3.8) is 0 Å². The Kier molecular flexibility index (Phi) is 15.1. The summed E-state index contributed by atoms with van der Waals surface area (Å²) >= 11 is 1.52. The molecule has 0 heterocycles. The number of nitrogens with two attached hydrogens (primary N) is 1. The zero-order valence-corrected chi connectivity index (χ0v) is 22.0. The second-order valence-corrected chi connectivity index (χ2v) is 10.5. The van der Waals surface area contributed by atoms with Gasteiger partial charge in [-0.05, 0) is 49.0 Å². The first-order valence-corrected chi connectivity index (χ1v) is 13.1. The van der Waals surface area contributed by atoms with Crippen LogP contribution in [0.3, 0.4) is 0 Å². The smallest absolute Gasteiger partial charge is 0.326 e. The van der Waals surface area contributed by atoms with Gasteiger partial charge in [0.25, 0.3) is 0 Å². The van der Waals surface area contributed by atoms with E-state index in [1.807, 2.05) is 47.8 Å². The Morgan fingerprint density at radius 3 is 1.85 bits per heavy atom. The molecule has 9 nitrogen and oxygen atoms in total. The van der Waals surface area contributed by atoms with E-state index >= 15 is 0 Å². The summed E-state index contributed by atoms with van der Waals surface area (Å²) in [5, 5.41) is 17.5. The van der Waals surface area contributed by atoms with Gasteiger partial charge in [0.15, 0.2) is 0 Å². The van der Waals surface area contributed by atoms with E-state index in [0.29, 0.717) is 25.0 Å². The van der Waals surface area contributed by atoms with Gasteiger partial charge in [-0.25, -0.2) is 4.79 Å². The van der Waals surface area contributed by atoms with Gasteiger partial charge in [0.05, 0.1) is 6.04 Å². The van der Waals surface area contributed by atoms with Gasteiger partial charge in [0, 0.05) is 0 Å². The zero-order chi connectivity index (χ0) is 25.7. The van der Waals surface area contributed by atoms with Crippen molar-refractivity contribution in [1.82, 2.24) is 16.0 Å². The lowest BCUT2D eigenvalue weighted by Crippen LogP contribution is -2.58. The number of carbonyl (C=O) groups is 4. The molecule has 0 aliphatic carbocycles. The van der Waals surface area contributed by atoms with Crippen LogP contribution >= 0.6 is 11.8 Å². The van der Waals surface area contributed by atoms with Gasteiger partial charge in [0.1, 0.15) is 18.1 Å². The molecule has 0 rings (SSSR count). The molecule has 0 fully saturated rings. The standard InChI is InChI=1S/C23H44N4O5S/c1-8-15(6)19(27-20(28)16(24)11-13(2)3)22(30)25-17(9-10-33-7)21(29)26-18(23(31)32)12-14(4)5/h13-19H,8-12,24H2,1-7H3,(H,25,30)(H,26,29)(H,27,28)(H,31,32). The third-order valence-electron chi connectivity index (χ3n) is 5.42. The summed E-state index contributed by atoms with van der Waals surface area (Å²) in [5.41, 5.74) is 5.98. The maximum atomic E-state index is 13.1. The van der Waals surface area contributed by atoms with E-state index in [4.69, 9.17) is 5.73 Å². The normalized spacial score (nSPS) is 15.9. The second-order valence-electron chi connectivity index (χ2n) is 9.48. The molecule has 3 amide bonds. The Labute approximate surface area is 202 Å². The number of amides is 3. The monoisotopic (exact) mass is 488 g/mol. The zero-order valence-electron chi connectivity index (χ0n) is 21.1. The molecule has 192 valence electrons. The fourth-order valence-electron chi connectivity index (χ4n) is 3.31. The molecule has 0 spiro atoms. The third kappa shape index (κ3) is 12.3. The Bertz CT molecular complexity index is 644. The fourth-order valence-corrected chi connectivity index (χ4v) is 3.78. The van der Waals surface area contributed by atoms with Gasteiger partial charge in [0.2, 0.25) is 17.7 Å². The Morgan fingerprint density at radius 1 is 0.848 bits per heavy atom. The van der Waals surface area contributed by atoms with Crippen molar-refractivity contribution in [3.8, 4) is 0 Å². The minimum atomic E-state index is -1.11. The number of hydrogen-bond donors (Lipinski definition) is 5. The highest BCUT2D eigenvalue weighted by atomic mass is 32.2. The van der Waals surface area contributed by atoms with Crippen LogP contribution in [0.15, 0.2) is 0 Å². The first-order valence-electron chi connectivity index (χ1n) is 11.7. The van der Waals surface area contributed by atoms with Crippen LogP contribution in [0.1, 0.15) is 67.2 Å². The molecular formula is C23H44N4O5S. The largest absolute Gasteiger partial charge is 0.480 e. The minimum absolute atomic E-state index is 0.0747. The number of nitrogens with one attached hydrogen (secondary N) is 3. The molecule has 0 bridgehead atoms. The summed E-state index contributed by atoms with van der Waals surface area (Å²) in [6.45, 7) is 11.4. The molecule has 0 aromatic heterocycles. The maximum Gasteiger partial charge on any atom is 0.326 e. The van der Waals surface area contributed by atoms with E-state index in [2.05, 4.69) is 16.0 Å². The van der Waals surface area contributed by atoms with Crippen molar-refractivity contribution in [1.29, 1.82) is 0 Å². The number of rotatable bonds is 16. The number of carboxylic acids is 1. The highest BCUT2D eigenvalue weighted by Gasteiger charge is 2.32. The third-order valence-corrected chi connectivity index (χ3v) is 6.06. The van der Waals surface area contributed by atoms with Gasteiger partial charge < -0.3 is 26.8 Å². The molecule has 0 radical (unpaired) electrons.